The normalized spacial score (nSPS) is 14.7. The number of hydrogen-bond acceptors (Lipinski definition) is 4. The Bertz CT molecular complexity index is 365. The van der Waals surface area contributed by atoms with Crippen molar-refractivity contribution in [3.63, 3.8) is 0 Å². The van der Waals surface area contributed by atoms with E-state index in [4.69, 9.17) is 25.2 Å². The summed E-state index contributed by atoms with van der Waals surface area (Å²) in [7, 11) is -3.75. The lowest BCUT2D eigenvalue weighted by Gasteiger charge is -2.32. The molecule has 0 spiro atoms. The van der Waals surface area contributed by atoms with E-state index in [1.807, 2.05) is 0 Å². The monoisotopic (exact) mass is 782 g/mol. The molecule has 0 aromatic rings. The summed E-state index contributed by atoms with van der Waals surface area (Å²) in [4.78, 5) is 0. The van der Waals surface area contributed by atoms with Crippen LogP contribution in [0, 0.1) is 10.8 Å². The molecule has 25 heavy (non-hydrogen) atoms. The number of halogens is 7. The summed E-state index contributed by atoms with van der Waals surface area (Å²) >= 11 is 26.8. The third-order valence-corrected chi connectivity index (χ3v) is 11.8. The Morgan fingerprint density at radius 1 is 0.800 bits per heavy atom. The van der Waals surface area contributed by atoms with Gasteiger partial charge in [0, 0.05) is 42.8 Å². The summed E-state index contributed by atoms with van der Waals surface area (Å²) in [5, 5.41) is 3.68. The maximum atomic E-state index is 13.1. The molecule has 0 rings (SSSR count). The van der Waals surface area contributed by atoms with Crippen LogP contribution in [0.1, 0.15) is 6.92 Å². The molecule has 12 heteroatoms. The van der Waals surface area contributed by atoms with Crippen LogP contribution < -0.4 is 0 Å². The molecule has 4 nitrogen and oxygen atoms in total. The van der Waals surface area contributed by atoms with Crippen molar-refractivity contribution in [3.8, 4) is 0 Å². The highest BCUT2D eigenvalue weighted by Crippen LogP contribution is 2.52. The summed E-state index contributed by atoms with van der Waals surface area (Å²) in [5.41, 5.74) is -0.543. The first-order valence-corrected chi connectivity index (χ1v) is 15.9. The van der Waals surface area contributed by atoms with Crippen molar-refractivity contribution in [1.82, 2.24) is 0 Å². The van der Waals surface area contributed by atoms with E-state index in [0.29, 0.717) is 32.0 Å². The first-order valence-electron chi connectivity index (χ1n) is 7.23. The lowest BCUT2D eigenvalue weighted by atomic mass is 9.98. The first kappa shape index (κ1) is 28.3. The van der Waals surface area contributed by atoms with Gasteiger partial charge in [-0.15, -0.1) is 11.6 Å². The van der Waals surface area contributed by atoms with Gasteiger partial charge in [-0.1, -0.05) is 95.6 Å². The molecule has 0 amide bonds. The second kappa shape index (κ2) is 14.3. The molecule has 1 atom stereocenters. The molecular formula is C13H22Br6ClO4P. The zero-order valence-corrected chi connectivity index (χ0v) is 24.8. The van der Waals surface area contributed by atoms with Gasteiger partial charge in [0.1, 0.15) is 0 Å². The Morgan fingerprint density at radius 2 is 1.12 bits per heavy atom. The minimum atomic E-state index is -3.75. The third kappa shape index (κ3) is 10.2. The third-order valence-electron chi connectivity index (χ3n) is 3.22. The molecule has 0 radical (unpaired) electrons. The fraction of sp³-hybridized carbons (Fsp3) is 1.00. The van der Waals surface area contributed by atoms with Gasteiger partial charge >= 0.3 is 7.82 Å². The van der Waals surface area contributed by atoms with Gasteiger partial charge in [0.25, 0.3) is 0 Å². The topological polar surface area (TPSA) is 44.8 Å². The summed E-state index contributed by atoms with van der Waals surface area (Å²) in [6, 6.07) is 0. The van der Waals surface area contributed by atoms with Crippen molar-refractivity contribution in [2.45, 2.75) is 12.3 Å². The fourth-order valence-corrected chi connectivity index (χ4v) is 9.37. The van der Waals surface area contributed by atoms with Crippen molar-refractivity contribution in [1.29, 1.82) is 0 Å². The van der Waals surface area contributed by atoms with E-state index >= 15 is 0 Å². The van der Waals surface area contributed by atoms with E-state index in [-0.39, 0.29) is 36.0 Å². The molecule has 0 N–H and O–H groups in total. The van der Waals surface area contributed by atoms with Crippen molar-refractivity contribution < 1.29 is 18.1 Å². The summed E-state index contributed by atoms with van der Waals surface area (Å²) in [6.45, 7) is 2.23. The highest BCUT2D eigenvalue weighted by atomic mass is 79.9. The van der Waals surface area contributed by atoms with Crippen molar-refractivity contribution in [2.24, 2.45) is 10.8 Å². The van der Waals surface area contributed by atoms with E-state index in [2.05, 4.69) is 95.6 Å². The molecule has 0 fully saturated rings. The first-order chi connectivity index (χ1) is 11.7. The highest BCUT2D eigenvalue weighted by molar-refractivity contribution is 9.10. The Hall–Kier alpha value is 3.28. The summed E-state index contributed by atoms with van der Waals surface area (Å²) in [5.74, 6) is 0. The Morgan fingerprint density at radius 3 is 1.36 bits per heavy atom. The van der Waals surface area contributed by atoms with Crippen LogP contribution in [0.25, 0.3) is 0 Å². The van der Waals surface area contributed by atoms with Gasteiger partial charge < -0.3 is 0 Å². The summed E-state index contributed by atoms with van der Waals surface area (Å²) in [6.07, 6.45) is 0. The fourth-order valence-electron chi connectivity index (χ4n) is 1.18. The van der Waals surface area contributed by atoms with Crippen LogP contribution in [0.15, 0.2) is 0 Å². The minimum Gasteiger partial charge on any atom is -0.286 e. The molecule has 0 aromatic carbocycles. The van der Waals surface area contributed by atoms with E-state index < -0.39 is 7.82 Å². The molecule has 0 bridgehead atoms. The maximum Gasteiger partial charge on any atom is 0.474 e. The molecule has 0 saturated carbocycles. The standard InChI is InChI=1S/C13H22Br6ClO4P/c1-11(20)2-22-25(21,23-9-12(3-14,4-15)5-16)24-10-13(6-17,7-18)8-19/h11H,2-10H2,1H3. The van der Waals surface area contributed by atoms with Gasteiger partial charge in [-0.05, 0) is 6.92 Å². The second-order valence-corrected chi connectivity index (χ2v) is 11.7. The van der Waals surface area contributed by atoms with Crippen LogP contribution in [0.3, 0.4) is 0 Å². The van der Waals surface area contributed by atoms with Crippen molar-refractivity contribution in [2.75, 3.05) is 51.8 Å². The number of hydrogen-bond donors (Lipinski definition) is 0. The smallest absolute Gasteiger partial charge is 0.286 e. The van der Waals surface area contributed by atoms with Crippen LogP contribution in [-0.4, -0.2) is 57.2 Å². The predicted molar refractivity (Wildman–Crippen MR) is 128 cm³/mol. The van der Waals surface area contributed by atoms with Gasteiger partial charge in [0.05, 0.1) is 25.2 Å². The largest absolute Gasteiger partial charge is 0.474 e. The molecule has 1 unspecified atom stereocenters. The second-order valence-electron chi connectivity index (χ2n) is 5.87. The molecule has 0 aliphatic heterocycles. The Labute approximate surface area is 206 Å². The van der Waals surface area contributed by atoms with Gasteiger partial charge in [0.15, 0.2) is 0 Å². The van der Waals surface area contributed by atoms with Gasteiger partial charge in [-0.25, -0.2) is 4.57 Å². The number of phosphoric acid groups is 1. The van der Waals surface area contributed by atoms with Crippen LogP contribution in [0.5, 0.6) is 0 Å². The molecule has 0 heterocycles. The zero-order valence-electron chi connectivity index (χ0n) is 13.7. The molecule has 0 saturated heterocycles. The molecule has 0 aliphatic rings. The average molecular weight is 788 g/mol. The number of phosphoric ester groups is 1. The Balaban J connectivity index is 5.14. The van der Waals surface area contributed by atoms with Gasteiger partial charge in [0.2, 0.25) is 0 Å². The lowest BCUT2D eigenvalue weighted by Crippen LogP contribution is -2.34. The minimum absolute atomic E-state index is 0.0761. The zero-order chi connectivity index (χ0) is 19.6. The SMILES string of the molecule is CC(Cl)COP(=O)(OCC(CBr)(CBr)CBr)OCC(CBr)(CBr)CBr. The molecule has 0 aromatic heterocycles. The highest BCUT2D eigenvalue weighted by Gasteiger charge is 2.37. The van der Waals surface area contributed by atoms with Crippen LogP contribution >= 0.6 is 115 Å². The number of alkyl halides is 7. The summed E-state index contributed by atoms with van der Waals surface area (Å²) < 4.78 is 29.9. The van der Waals surface area contributed by atoms with Crippen molar-refractivity contribution >= 4 is 115 Å². The Kier molecular flexibility index (Phi) is 16.2. The van der Waals surface area contributed by atoms with Crippen LogP contribution in [0.4, 0.5) is 0 Å². The van der Waals surface area contributed by atoms with Crippen LogP contribution in [0.2, 0.25) is 0 Å². The maximum absolute atomic E-state index is 13.1. The van der Waals surface area contributed by atoms with E-state index in [1.165, 1.54) is 0 Å². The van der Waals surface area contributed by atoms with Gasteiger partial charge in [-0.2, -0.15) is 0 Å². The molecule has 0 aliphatic carbocycles. The van der Waals surface area contributed by atoms with Crippen molar-refractivity contribution in [3.05, 3.63) is 0 Å². The molecular weight excluding hydrogens is 766 g/mol. The predicted octanol–water partition coefficient (Wildman–Crippen LogP) is 7.11. The van der Waals surface area contributed by atoms with E-state index in [0.717, 1.165) is 0 Å². The number of rotatable bonds is 15. The quantitative estimate of drug-likeness (QED) is 0.131. The molecule has 152 valence electrons. The van der Waals surface area contributed by atoms with Gasteiger partial charge in [-0.3, -0.25) is 13.6 Å². The van der Waals surface area contributed by atoms with E-state index in [9.17, 15) is 4.57 Å². The lowest BCUT2D eigenvalue weighted by molar-refractivity contribution is 0.0728. The average Bonchev–Trinajstić information content (AvgIpc) is 2.63. The van der Waals surface area contributed by atoms with Crippen LogP contribution in [-0.2, 0) is 18.1 Å². The van der Waals surface area contributed by atoms with E-state index in [1.54, 1.807) is 6.92 Å².